The summed E-state index contributed by atoms with van der Waals surface area (Å²) < 4.78 is 0. The molecule has 1 atom stereocenters. The van der Waals surface area contributed by atoms with Crippen LogP contribution in [0.1, 0.15) is 39.1 Å². The number of piperidine rings is 1. The first-order chi connectivity index (χ1) is 12.6. The van der Waals surface area contributed by atoms with Crippen LogP contribution in [0.3, 0.4) is 0 Å². The molecule has 1 aliphatic heterocycles. The van der Waals surface area contributed by atoms with Crippen molar-refractivity contribution in [2.24, 2.45) is 0 Å². The van der Waals surface area contributed by atoms with Crippen molar-refractivity contribution < 1.29 is 4.79 Å². The fourth-order valence-electron chi connectivity index (χ4n) is 3.28. The Morgan fingerprint density at radius 1 is 1.38 bits per heavy atom. The molecule has 0 saturated carbocycles. The van der Waals surface area contributed by atoms with E-state index < -0.39 is 0 Å². The molecule has 4 nitrogen and oxygen atoms in total. The SMILES string of the molecule is Cc1nc(-c2cccc(Cl)c2)sc1C(=O)N1CCCC(c2nccs2)C1. The molecule has 1 amide bonds. The van der Waals surface area contributed by atoms with Crippen molar-refractivity contribution in [1.82, 2.24) is 14.9 Å². The maximum absolute atomic E-state index is 13.1. The van der Waals surface area contributed by atoms with Crippen LogP contribution in [0.5, 0.6) is 0 Å². The lowest BCUT2D eigenvalue weighted by Crippen LogP contribution is -2.39. The molecule has 3 aromatic rings. The van der Waals surface area contributed by atoms with E-state index in [1.807, 2.05) is 47.7 Å². The molecule has 3 heterocycles. The van der Waals surface area contributed by atoms with Gasteiger partial charge in [0, 0.05) is 41.2 Å². The first-order valence-corrected chi connectivity index (χ1v) is 10.6. The number of rotatable bonds is 3. The van der Waals surface area contributed by atoms with Gasteiger partial charge in [0.05, 0.1) is 10.7 Å². The van der Waals surface area contributed by atoms with Gasteiger partial charge in [-0.1, -0.05) is 23.7 Å². The number of hydrogen-bond donors (Lipinski definition) is 0. The molecule has 1 aromatic carbocycles. The van der Waals surface area contributed by atoms with Crippen LogP contribution < -0.4 is 0 Å². The van der Waals surface area contributed by atoms with E-state index >= 15 is 0 Å². The van der Waals surface area contributed by atoms with Crippen LogP contribution in [-0.4, -0.2) is 33.9 Å². The number of amides is 1. The molecule has 2 aromatic heterocycles. The minimum Gasteiger partial charge on any atom is -0.337 e. The number of aryl methyl sites for hydroxylation is 1. The van der Waals surface area contributed by atoms with Crippen molar-refractivity contribution in [3.8, 4) is 10.6 Å². The van der Waals surface area contributed by atoms with Crippen molar-refractivity contribution in [2.75, 3.05) is 13.1 Å². The average molecular weight is 404 g/mol. The van der Waals surface area contributed by atoms with Crippen LogP contribution in [0.25, 0.3) is 10.6 Å². The van der Waals surface area contributed by atoms with Crippen LogP contribution in [0, 0.1) is 6.92 Å². The zero-order valence-corrected chi connectivity index (χ0v) is 16.7. The van der Waals surface area contributed by atoms with Crippen LogP contribution in [0.15, 0.2) is 35.8 Å². The smallest absolute Gasteiger partial charge is 0.265 e. The zero-order chi connectivity index (χ0) is 18.1. The quantitative estimate of drug-likeness (QED) is 0.600. The number of halogens is 1. The summed E-state index contributed by atoms with van der Waals surface area (Å²) in [5, 5.41) is 4.64. The van der Waals surface area contributed by atoms with E-state index in [-0.39, 0.29) is 5.91 Å². The van der Waals surface area contributed by atoms with Gasteiger partial charge in [-0.2, -0.15) is 0 Å². The van der Waals surface area contributed by atoms with Crippen LogP contribution in [0.4, 0.5) is 0 Å². The normalized spacial score (nSPS) is 17.5. The minimum absolute atomic E-state index is 0.0783. The van der Waals surface area contributed by atoms with E-state index in [1.54, 1.807) is 11.3 Å². The summed E-state index contributed by atoms with van der Waals surface area (Å²) >= 11 is 9.21. The number of nitrogens with zero attached hydrogens (tertiary/aromatic N) is 3. The Labute approximate surface area is 165 Å². The highest BCUT2D eigenvalue weighted by Gasteiger charge is 2.29. The number of thiazole rings is 2. The molecule has 0 radical (unpaired) electrons. The Kier molecular flexibility index (Phi) is 5.07. The van der Waals surface area contributed by atoms with E-state index in [0.717, 1.165) is 52.1 Å². The maximum Gasteiger partial charge on any atom is 0.265 e. The summed E-state index contributed by atoms with van der Waals surface area (Å²) in [5.41, 5.74) is 1.73. The van der Waals surface area contributed by atoms with E-state index in [1.165, 1.54) is 11.3 Å². The average Bonchev–Trinajstić information content (AvgIpc) is 3.31. The molecule has 1 fully saturated rings. The third-order valence-corrected chi connectivity index (χ3v) is 6.94. The summed E-state index contributed by atoms with van der Waals surface area (Å²) in [6.07, 6.45) is 3.94. The van der Waals surface area contributed by atoms with Gasteiger partial charge in [-0.15, -0.1) is 22.7 Å². The summed E-state index contributed by atoms with van der Waals surface area (Å²) in [4.78, 5) is 24.8. The largest absolute Gasteiger partial charge is 0.337 e. The second-order valence-electron chi connectivity index (χ2n) is 6.40. The lowest BCUT2D eigenvalue weighted by Gasteiger charge is -2.31. The molecule has 0 N–H and O–H groups in total. The van der Waals surface area contributed by atoms with Gasteiger partial charge in [0.25, 0.3) is 5.91 Å². The van der Waals surface area contributed by atoms with Crippen molar-refractivity contribution >= 4 is 40.2 Å². The van der Waals surface area contributed by atoms with Crippen molar-refractivity contribution in [2.45, 2.75) is 25.7 Å². The predicted octanol–water partition coefficient (Wildman–Crippen LogP) is 5.25. The van der Waals surface area contributed by atoms with Crippen LogP contribution in [-0.2, 0) is 0 Å². The third kappa shape index (κ3) is 3.54. The van der Waals surface area contributed by atoms with Gasteiger partial charge in [0.15, 0.2) is 0 Å². The summed E-state index contributed by atoms with van der Waals surface area (Å²) in [6, 6.07) is 7.59. The van der Waals surface area contributed by atoms with Gasteiger partial charge in [-0.25, -0.2) is 9.97 Å². The van der Waals surface area contributed by atoms with Crippen molar-refractivity contribution in [1.29, 1.82) is 0 Å². The number of benzene rings is 1. The minimum atomic E-state index is 0.0783. The number of aromatic nitrogens is 2. The van der Waals surface area contributed by atoms with E-state index in [9.17, 15) is 4.79 Å². The van der Waals surface area contributed by atoms with E-state index in [4.69, 9.17) is 11.6 Å². The van der Waals surface area contributed by atoms with E-state index in [2.05, 4.69) is 9.97 Å². The molecule has 0 spiro atoms. The monoisotopic (exact) mass is 403 g/mol. The number of hydrogen-bond acceptors (Lipinski definition) is 5. The lowest BCUT2D eigenvalue weighted by atomic mass is 9.98. The highest BCUT2D eigenvalue weighted by molar-refractivity contribution is 7.17. The molecule has 26 heavy (non-hydrogen) atoms. The fourth-order valence-corrected chi connectivity index (χ4v) is 5.27. The number of carbonyl (C=O) groups is 1. The van der Waals surface area contributed by atoms with Crippen molar-refractivity contribution in [3.63, 3.8) is 0 Å². The molecule has 1 saturated heterocycles. The highest BCUT2D eigenvalue weighted by atomic mass is 35.5. The fraction of sp³-hybridized carbons (Fsp3) is 0.316. The van der Waals surface area contributed by atoms with Gasteiger partial charge in [0.2, 0.25) is 0 Å². The Bertz CT molecular complexity index is 923. The van der Waals surface area contributed by atoms with Gasteiger partial charge in [0.1, 0.15) is 9.88 Å². The Hall–Kier alpha value is -1.76. The zero-order valence-electron chi connectivity index (χ0n) is 14.3. The molecule has 134 valence electrons. The lowest BCUT2D eigenvalue weighted by molar-refractivity contribution is 0.0711. The van der Waals surface area contributed by atoms with Crippen molar-refractivity contribution in [3.05, 3.63) is 56.4 Å². The molecule has 1 unspecified atom stereocenters. The first-order valence-electron chi connectivity index (χ1n) is 8.54. The Balaban J connectivity index is 1.56. The van der Waals surface area contributed by atoms with Gasteiger partial charge in [-0.3, -0.25) is 4.79 Å². The van der Waals surface area contributed by atoms with E-state index in [0.29, 0.717) is 10.9 Å². The van der Waals surface area contributed by atoms with Crippen LogP contribution >= 0.6 is 34.3 Å². The summed E-state index contributed by atoms with van der Waals surface area (Å²) in [7, 11) is 0. The standard InChI is InChI=1S/C19H18ClN3OS2/c1-12-16(26-18(22-12)13-4-2-6-15(20)10-13)19(24)23-8-3-5-14(11-23)17-21-7-9-25-17/h2,4,6-7,9-10,14H,3,5,8,11H2,1H3. The summed E-state index contributed by atoms with van der Waals surface area (Å²) in [5.74, 6) is 0.419. The Morgan fingerprint density at radius 3 is 3.04 bits per heavy atom. The van der Waals surface area contributed by atoms with Crippen LogP contribution in [0.2, 0.25) is 5.02 Å². The van der Waals surface area contributed by atoms with Gasteiger partial charge >= 0.3 is 0 Å². The molecule has 0 bridgehead atoms. The molecule has 1 aliphatic rings. The van der Waals surface area contributed by atoms with Gasteiger partial charge in [-0.05, 0) is 31.9 Å². The highest BCUT2D eigenvalue weighted by Crippen LogP contribution is 2.33. The topological polar surface area (TPSA) is 46.1 Å². The first kappa shape index (κ1) is 17.6. The second kappa shape index (κ2) is 7.47. The maximum atomic E-state index is 13.1. The van der Waals surface area contributed by atoms with Gasteiger partial charge < -0.3 is 4.90 Å². The summed E-state index contributed by atoms with van der Waals surface area (Å²) in [6.45, 7) is 3.43. The molecule has 0 aliphatic carbocycles. The Morgan fingerprint density at radius 2 is 2.27 bits per heavy atom. The number of carbonyl (C=O) groups excluding carboxylic acids is 1. The molecular formula is C19H18ClN3OS2. The third-order valence-electron chi connectivity index (χ3n) is 4.57. The second-order valence-corrected chi connectivity index (χ2v) is 8.77. The number of likely N-dealkylation sites (tertiary alicyclic amines) is 1. The predicted molar refractivity (Wildman–Crippen MR) is 107 cm³/mol. The molecular weight excluding hydrogens is 386 g/mol. The molecule has 7 heteroatoms. The molecule has 4 rings (SSSR count).